The fourth-order valence-electron chi connectivity index (χ4n) is 4.05. The number of H-pyrrole nitrogens is 1. The van der Waals surface area contributed by atoms with Crippen molar-refractivity contribution in [1.29, 1.82) is 0 Å². The molecule has 0 radical (unpaired) electrons. The third-order valence-electron chi connectivity index (χ3n) is 5.67. The molecule has 1 aliphatic rings. The van der Waals surface area contributed by atoms with Crippen molar-refractivity contribution in [3.63, 3.8) is 0 Å². The summed E-state index contributed by atoms with van der Waals surface area (Å²) in [5.74, 6) is 1.24. The van der Waals surface area contributed by atoms with Crippen molar-refractivity contribution >= 4 is 33.5 Å². The molecule has 4 N–H and O–H groups in total. The first kappa shape index (κ1) is 23.9. The first-order valence-corrected chi connectivity index (χ1v) is 11.5. The van der Waals surface area contributed by atoms with E-state index in [0.717, 1.165) is 47.5 Å². The van der Waals surface area contributed by atoms with Gasteiger partial charge in [0.2, 0.25) is 0 Å². The molecule has 32 heavy (non-hydrogen) atoms. The molecule has 2 atom stereocenters. The van der Waals surface area contributed by atoms with E-state index >= 15 is 0 Å². The molecule has 4 aromatic rings. The third-order valence-corrected chi connectivity index (χ3v) is 7.32. The summed E-state index contributed by atoms with van der Waals surface area (Å²) in [5, 5.41) is 3.46. The van der Waals surface area contributed by atoms with Gasteiger partial charge in [-0.1, -0.05) is 18.2 Å². The summed E-state index contributed by atoms with van der Waals surface area (Å²) in [5.41, 5.74) is 3.29. The highest BCUT2D eigenvalue weighted by atomic mass is 35.5. The number of aromatic amines is 1. The van der Waals surface area contributed by atoms with Crippen LogP contribution in [0.2, 0.25) is 0 Å². The van der Waals surface area contributed by atoms with Crippen LogP contribution in [0.5, 0.6) is 0 Å². The lowest BCUT2D eigenvalue weighted by Crippen LogP contribution is -2.35. The summed E-state index contributed by atoms with van der Waals surface area (Å²) in [6, 6.07) is 12.6. The van der Waals surface area contributed by atoms with Crippen molar-refractivity contribution in [2.45, 2.75) is 36.6 Å². The Kier molecular flexibility index (Phi) is 7.04. The van der Waals surface area contributed by atoms with E-state index in [-0.39, 0.29) is 22.8 Å². The summed E-state index contributed by atoms with van der Waals surface area (Å²) in [6.07, 6.45) is 7.08. The number of nitrogens with one attached hydrogen (secondary N) is 2. The molecule has 170 valence electrons. The van der Waals surface area contributed by atoms with Gasteiger partial charge in [0, 0.05) is 35.6 Å². The minimum absolute atomic E-state index is 0. The first-order valence-electron chi connectivity index (χ1n) is 10.1. The van der Waals surface area contributed by atoms with Gasteiger partial charge in [-0.15, -0.1) is 12.4 Å². The van der Waals surface area contributed by atoms with E-state index < -0.39 is 10.0 Å². The molecule has 0 amide bonds. The highest BCUT2D eigenvalue weighted by molar-refractivity contribution is 7.90. The van der Waals surface area contributed by atoms with Crippen molar-refractivity contribution in [3.8, 4) is 11.3 Å². The fraction of sp³-hybridized carbons (Fsp3) is 0.273. The van der Waals surface area contributed by atoms with Gasteiger partial charge in [-0.25, -0.2) is 22.4 Å². The number of hydrogen-bond donors (Lipinski definition) is 2. The van der Waals surface area contributed by atoms with Crippen molar-refractivity contribution in [2.24, 2.45) is 0 Å². The van der Waals surface area contributed by atoms with E-state index in [4.69, 9.17) is 4.98 Å². The number of halogens is 1. The Labute approximate surface area is 192 Å². The lowest BCUT2D eigenvalue weighted by molar-refractivity contribution is 0.371. The van der Waals surface area contributed by atoms with Crippen LogP contribution >= 0.6 is 12.4 Å². The van der Waals surface area contributed by atoms with E-state index in [1.165, 1.54) is 3.97 Å². The van der Waals surface area contributed by atoms with Crippen LogP contribution in [-0.2, 0) is 10.0 Å². The number of piperidine rings is 1. The Morgan fingerprint density at radius 2 is 1.94 bits per heavy atom. The molecule has 10 heteroatoms. The molecule has 3 aromatic heterocycles. The van der Waals surface area contributed by atoms with E-state index in [9.17, 15) is 8.42 Å². The third kappa shape index (κ3) is 4.42. The largest absolute Gasteiger partial charge is 0.412 e. The maximum Gasteiger partial charge on any atom is 0.267 e. The van der Waals surface area contributed by atoms with Crippen LogP contribution in [0.1, 0.15) is 31.5 Å². The van der Waals surface area contributed by atoms with Crippen molar-refractivity contribution in [3.05, 3.63) is 66.9 Å². The number of hydrogen-bond acceptors (Lipinski definition) is 5. The average molecular weight is 476 g/mol. The highest BCUT2D eigenvalue weighted by Gasteiger charge is 2.23. The number of rotatable bonds is 4. The average Bonchev–Trinajstić information content (AvgIpc) is 3.41. The molecule has 1 saturated heterocycles. The topological polar surface area (TPSA) is 124 Å². The molecular formula is C22H26ClN5O3S. The SMILES string of the molecule is CC1CC(c2ncc3[nH]c(-c4ccn(S(=O)(=O)c5ccccc5)c4)cc3n2)CCN1.Cl.O. The second-order valence-electron chi connectivity index (χ2n) is 7.83. The summed E-state index contributed by atoms with van der Waals surface area (Å²) < 4.78 is 26.9. The molecule has 0 saturated carbocycles. The zero-order valence-electron chi connectivity index (χ0n) is 17.5. The molecule has 2 unspecified atom stereocenters. The van der Waals surface area contributed by atoms with Crippen molar-refractivity contribution in [1.82, 2.24) is 24.2 Å². The monoisotopic (exact) mass is 475 g/mol. The number of nitrogens with zero attached hydrogens (tertiary/aromatic N) is 3. The molecule has 1 aromatic carbocycles. The minimum atomic E-state index is -3.61. The number of aromatic nitrogens is 4. The second kappa shape index (κ2) is 9.41. The second-order valence-corrected chi connectivity index (χ2v) is 9.68. The Morgan fingerprint density at radius 3 is 2.69 bits per heavy atom. The van der Waals surface area contributed by atoms with Crippen LogP contribution in [0, 0.1) is 0 Å². The van der Waals surface area contributed by atoms with Gasteiger partial charge >= 0.3 is 0 Å². The van der Waals surface area contributed by atoms with E-state index in [1.54, 1.807) is 48.8 Å². The van der Waals surface area contributed by atoms with E-state index in [2.05, 4.69) is 22.2 Å². The lowest BCUT2D eigenvalue weighted by atomic mass is 9.92. The van der Waals surface area contributed by atoms with Crippen molar-refractivity contribution in [2.75, 3.05) is 6.54 Å². The van der Waals surface area contributed by atoms with Gasteiger partial charge in [0.15, 0.2) is 0 Å². The molecular weight excluding hydrogens is 450 g/mol. The van der Waals surface area contributed by atoms with Gasteiger partial charge in [0.1, 0.15) is 5.82 Å². The summed E-state index contributed by atoms with van der Waals surface area (Å²) in [6.45, 7) is 3.17. The predicted octanol–water partition coefficient (Wildman–Crippen LogP) is 3.12. The molecule has 0 aliphatic carbocycles. The van der Waals surface area contributed by atoms with E-state index in [1.807, 2.05) is 12.3 Å². The summed E-state index contributed by atoms with van der Waals surface area (Å²) in [4.78, 5) is 12.9. The summed E-state index contributed by atoms with van der Waals surface area (Å²) in [7, 11) is -3.61. The smallest absolute Gasteiger partial charge is 0.267 e. The molecule has 0 bridgehead atoms. The first-order chi connectivity index (χ1) is 14.5. The van der Waals surface area contributed by atoms with Gasteiger partial charge in [-0.3, -0.25) is 0 Å². The zero-order chi connectivity index (χ0) is 20.7. The van der Waals surface area contributed by atoms with Gasteiger partial charge in [-0.2, -0.15) is 0 Å². The lowest BCUT2D eigenvalue weighted by Gasteiger charge is -2.26. The van der Waals surface area contributed by atoms with Gasteiger partial charge in [0.25, 0.3) is 10.0 Å². The van der Waals surface area contributed by atoms with Crippen LogP contribution < -0.4 is 5.32 Å². The minimum Gasteiger partial charge on any atom is -0.412 e. The Hall–Kier alpha value is -2.72. The van der Waals surface area contributed by atoms with Crippen LogP contribution in [0.25, 0.3) is 22.3 Å². The molecule has 1 aliphatic heterocycles. The normalized spacial score (nSPS) is 18.7. The van der Waals surface area contributed by atoms with Crippen molar-refractivity contribution < 1.29 is 13.9 Å². The predicted molar refractivity (Wildman–Crippen MR) is 127 cm³/mol. The quantitative estimate of drug-likeness (QED) is 0.469. The van der Waals surface area contributed by atoms with Gasteiger partial charge in [0.05, 0.1) is 22.1 Å². The fourth-order valence-corrected chi connectivity index (χ4v) is 5.27. The van der Waals surface area contributed by atoms with E-state index in [0.29, 0.717) is 12.0 Å². The molecule has 8 nitrogen and oxygen atoms in total. The number of fused-ring (bicyclic) bond motifs is 1. The van der Waals surface area contributed by atoms with Gasteiger partial charge in [-0.05, 0) is 50.6 Å². The maximum absolute atomic E-state index is 12.8. The van der Waals surface area contributed by atoms with Crippen LogP contribution in [0.3, 0.4) is 0 Å². The Morgan fingerprint density at radius 1 is 1.16 bits per heavy atom. The van der Waals surface area contributed by atoms with Crippen LogP contribution in [0.15, 0.2) is 66.0 Å². The number of benzene rings is 1. The highest BCUT2D eigenvalue weighted by Crippen LogP contribution is 2.28. The molecule has 1 fully saturated rings. The standard InChI is InChI=1S/C22H23N5O2S.ClH.H2O/c1-15-11-16(7-9-23-15)22-24-13-21-20(26-22)12-19(25-21)17-8-10-27(14-17)30(28,29)18-5-3-2-4-6-18;;/h2-6,8,10,12-16,23,25H,7,9,11H2,1H3;1H;1H2. The Bertz CT molecular complexity index is 1300. The zero-order valence-corrected chi connectivity index (χ0v) is 19.2. The maximum atomic E-state index is 12.8. The van der Waals surface area contributed by atoms with Crippen LogP contribution in [-0.4, -0.2) is 45.4 Å². The molecule has 5 rings (SSSR count). The summed E-state index contributed by atoms with van der Waals surface area (Å²) >= 11 is 0. The van der Waals surface area contributed by atoms with Gasteiger partial charge < -0.3 is 15.8 Å². The molecule has 4 heterocycles. The molecule has 0 spiro atoms. The van der Waals surface area contributed by atoms with Crippen LogP contribution in [0.4, 0.5) is 0 Å². The Balaban J connectivity index is 0.00000144.